The molecule has 0 saturated carbocycles. The summed E-state index contributed by atoms with van der Waals surface area (Å²) >= 11 is 0. The van der Waals surface area contributed by atoms with E-state index in [2.05, 4.69) is 0 Å². The van der Waals surface area contributed by atoms with Crippen molar-refractivity contribution in [3.63, 3.8) is 0 Å². The summed E-state index contributed by atoms with van der Waals surface area (Å²) < 4.78 is 26.6. The number of hydrogen-bond acceptors (Lipinski definition) is 14. The van der Waals surface area contributed by atoms with Crippen molar-refractivity contribution in [2.75, 3.05) is 0 Å². The first-order valence-electron chi connectivity index (χ1n) is 10.7. The van der Waals surface area contributed by atoms with E-state index in [0.717, 1.165) is 0 Å². The van der Waals surface area contributed by atoms with Crippen molar-refractivity contribution < 1.29 is 79.2 Å². The number of ether oxygens (including phenoxy) is 5. The van der Waals surface area contributed by atoms with E-state index in [0.29, 0.717) is 0 Å². The van der Waals surface area contributed by atoms with E-state index in [1.807, 2.05) is 0 Å². The van der Waals surface area contributed by atoms with E-state index in [4.69, 9.17) is 28.8 Å². The monoisotopic (exact) mass is 514 g/mol. The lowest BCUT2D eigenvalue weighted by Crippen LogP contribution is -2.62. The van der Waals surface area contributed by atoms with Gasteiger partial charge in [0.25, 0.3) is 5.79 Å². The van der Waals surface area contributed by atoms with Gasteiger partial charge in [-0.2, -0.15) is 0 Å². The van der Waals surface area contributed by atoms with Gasteiger partial charge in [-0.1, -0.05) is 0 Å². The molecule has 0 aliphatic carbocycles. The first-order valence-corrected chi connectivity index (χ1v) is 10.7. The molecule has 3 aliphatic rings. The smallest absolute Gasteiger partial charge is 0.364 e. The molecule has 3 heterocycles. The summed E-state index contributed by atoms with van der Waals surface area (Å²) in [6.07, 6.45) is -22.2. The van der Waals surface area contributed by atoms with Crippen molar-refractivity contribution in [2.45, 2.75) is 106 Å². The predicted molar refractivity (Wildman–Crippen MR) is 104 cm³/mol. The molecule has 0 aromatic carbocycles. The first kappa shape index (κ1) is 28.0. The number of aliphatic carboxylic acids is 2. The average molecular weight is 514 g/mol. The first-order chi connectivity index (χ1) is 16.2. The minimum Gasteiger partial charge on any atom is -0.479 e. The van der Waals surface area contributed by atoms with Crippen LogP contribution in [0.3, 0.4) is 0 Å². The number of carbonyl (C=O) groups is 2. The van der Waals surface area contributed by atoms with Crippen LogP contribution in [-0.2, 0) is 33.3 Å². The molecule has 9 N–H and O–H groups in total. The molecule has 3 saturated heterocycles. The van der Waals surface area contributed by atoms with Crippen molar-refractivity contribution in [1.29, 1.82) is 0 Å². The molecular weight excluding hydrogens is 484 g/mol. The minimum atomic E-state index is -3.02. The molecule has 1 unspecified atom stereocenters. The zero-order valence-corrected chi connectivity index (χ0v) is 18.6. The molecule has 16 nitrogen and oxygen atoms in total. The molecule has 0 aromatic rings. The molecule has 202 valence electrons. The van der Waals surface area contributed by atoms with Gasteiger partial charge in [-0.25, -0.2) is 9.59 Å². The molecule has 16 heteroatoms. The maximum absolute atomic E-state index is 11.7. The van der Waals surface area contributed by atoms with Gasteiger partial charge >= 0.3 is 11.9 Å². The van der Waals surface area contributed by atoms with Crippen LogP contribution in [0.25, 0.3) is 0 Å². The number of carboxylic acid groups (broad SMARTS) is 2. The Labute approximate surface area is 197 Å². The van der Waals surface area contributed by atoms with E-state index < -0.39 is 104 Å². The Bertz CT molecular complexity index is 778. The number of aliphatic hydroxyl groups is 7. The van der Waals surface area contributed by atoms with Crippen molar-refractivity contribution in [3.8, 4) is 0 Å². The highest BCUT2D eigenvalue weighted by Crippen LogP contribution is 2.36. The number of aliphatic hydroxyl groups excluding tert-OH is 6. The average Bonchev–Trinajstić information content (AvgIpc) is 3.07. The Balaban J connectivity index is 1.84. The highest BCUT2D eigenvalue weighted by molar-refractivity contribution is 5.78. The van der Waals surface area contributed by atoms with E-state index in [1.54, 1.807) is 0 Å². The SMILES string of the molecule is C[C@H](O)[C@@H]1O[C@H](O[C@@H]2[C@H](O)CC(O)(C(=O)O)O[C@@H]2C(=O)O)[C@H](O[C@@H]2O[C@@H](C)[C@@H](O)[C@@H](O)[C@H]2O)[C@@H]1O. The van der Waals surface area contributed by atoms with Crippen LogP contribution in [0.1, 0.15) is 20.3 Å². The number of hydrogen-bond donors (Lipinski definition) is 9. The Kier molecular flexibility index (Phi) is 8.37. The second-order valence-corrected chi connectivity index (χ2v) is 8.82. The van der Waals surface area contributed by atoms with Crippen molar-refractivity contribution in [2.24, 2.45) is 0 Å². The van der Waals surface area contributed by atoms with Crippen LogP contribution in [0, 0.1) is 0 Å². The molecule has 0 aromatic heterocycles. The lowest BCUT2D eigenvalue weighted by Gasteiger charge is -2.42. The largest absolute Gasteiger partial charge is 0.479 e. The fraction of sp³-hybridized carbons (Fsp3) is 0.895. The van der Waals surface area contributed by atoms with Crippen LogP contribution in [0.15, 0.2) is 0 Å². The van der Waals surface area contributed by atoms with Crippen LogP contribution in [0.2, 0.25) is 0 Å². The molecule has 0 spiro atoms. The zero-order valence-electron chi connectivity index (χ0n) is 18.6. The van der Waals surface area contributed by atoms with Crippen LogP contribution in [0.5, 0.6) is 0 Å². The Morgan fingerprint density at radius 2 is 1.51 bits per heavy atom. The van der Waals surface area contributed by atoms with Crippen molar-refractivity contribution in [1.82, 2.24) is 0 Å². The molecule has 3 rings (SSSR count). The summed E-state index contributed by atoms with van der Waals surface area (Å²) in [6, 6.07) is 0. The zero-order chi connectivity index (χ0) is 26.4. The Morgan fingerprint density at radius 1 is 0.914 bits per heavy atom. The molecule has 0 amide bonds. The van der Waals surface area contributed by atoms with Gasteiger partial charge < -0.3 is 69.6 Å². The van der Waals surface area contributed by atoms with Gasteiger partial charge in [-0.05, 0) is 13.8 Å². The predicted octanol–water partition coefficient (Wildman–Crippen LogP) is -4.94. The number of rotatable bonds is 7. The van der Waals surface area contributed by atoms with Crippen LogP contribution >= 0.6 is 0 Å². The summed E-state index contributed by atoms with van der Waals surface area (Å²) in [5, 5.41) is 89.7. The maximum atomic E-state index is 11.7. The van der Waals surface area contributed by atoms with Gasteiger partial charge in [0.1, 0.15) is 42.7 Å². The van der Waals surface area contributed by atoms with Crippen molar-refractivity contribution >= 4 is 11.9 Å². The quantitative estimate of drug-likeness (QED) is 0.154. The minimum absolute atomic E-state index is 0.983. The standard InChI is InChI=1S/C19H30O16/c1-4(20)11-10(25)13(34-16-9(24)8(23)7(22)5(2)31-16)17(32-11)33-12-6(21)3-19(30,18(28)29)35-14(12)15(26)27/h4-14,16-17,20-25,30H,3H2,1-2H3,(H,26,27)(H,28,29)/t4-,5-,6+,7+,8+,9+,10+,11-,12+,13+,14-,16-,17+,19?/m0/s1. The van der Waals surface area contributed by atoms with Crippen LogP contribution in [0.4, 0.5) is 0 Å². The van der Waals surface area contributed by atoms with Gasteiger partial charge in [0.15, 0.2) is 18.7 Å². The molecule has 0 bridgehead atoms. The molecule has 14 atom stereocenters. The lowest BCUT2D eigenvalue weighted by molar-refractivity contribution is -0.339. The molecule has 35 heavy (non-hydrogen) atoms. The van der Waals surface area contributed by atoms with E-state index in [9.17, 15) is 50.4 Å². The molecule has 3 aliphatic heterocycles. The molecular formula is C19H30O16. The van der Waals surface area contributed by atoms with Gasteiger partial charge in [-0.15, -0.1) is 0 Å². The summed E-state index contributed by atoms with van der Waals surface area (Å²) in [5.74, 6) is -6.76. The lowest BCUT2D eigenvalue weighted by atomic mass is 9.95. The number of carboxylic acids is 2. The van der Waals surface area contributed by atoms with E-state index in [-0.39, 0.29) is 0 Å². The fourth-order valence-electron chi connectivity index (χ4n) is 4.17. The molecule has 3 fully saturated rings. The van der Waals surface area contributed by atoms with Crippen LogP contribution < -0.4 is 0 Å². The Hall–Kier alpha value is -1.54. The third-order valence-electron chi connectivity index (χ3n) is 6.16. The Morgan fingerprint density at radius 3 is 2.06 bits per heavy atom. The van der Waals surface area contributed by atoms with E-state index in [1.165, 1.54) is 13.8 Å². The third-order valence-corrected chi connectivity index (χ3v) is 6.16. The van der Waals surface area contributed by atoms with E-state index >= 15 is 0 Å². The highest BCUT2D eigenvalue weighted by atomic mass is 16.8. The van der Waals surface area contributed by atoms with Gasteiger partial charge in [0, 0.05) is 6.42 Å². The summed E-state index contributed by atoms with van der Waals surface area (Å²) in [7, 11) is 0. The fourth-order valence-corrected chi connectivity index (χ4v) is 4.17. The second kappa shape index (κ2) is 10.4. The topological polar surface area (TPSA) is 262 Å². The molecule has 0 radical (unpaired) electrons. The summed E-state index contributed by atoms with van der Waals surface area (Å²) in [5.41, 5.74) is 0. The van der Waals surface area contributed by atoms with Gasteiger partial charge in [0.05, 0.1) is 18.3 Å². The van der Waals surface area contributed by atoms with Gasteiger partial charge in [0.2, 0.25) is 0 Å². The van der Waals surface area contributed by atoms with Crippen molar-refractivity contribution in [3.05, 3.63) is 0 Å². The second-order valence-electron chi connectivity index (χ2n) is 8.82. The normalized spacial score (nSPS) is 49.5. The van der Waals surface area contributed by atoms with Gasteiger partial charge in [-0.3, -0.25) is 0 Å². The maximum Gasteiger partial charge on any atom is 0.364 e. The summed E-state index contributed by atoms with van der Waals surface area (Å²) in [4.78, 5) is 23.0. The van der Waals surface area contributed by atoms with Crippen LogP contribution in [-0.4, -0.2) is 143 Å². The third kappa shape index (κ3) is 5.43. The highest BCUT2D eigenvalue weighted by Gasteiger charge is 2.57. The summed E-state index contributed by atoms with van der Waals surface area (Å²) in [6.45, 7) is 2.63.